The molecule has 3 heteroatoms. The van der Waals surface area contributed by atoms with Gasteiger partial charge in [-0.1, -0.05) is 6.07 Å². The Morgan fingerprint density at radius 1 is 1.25 bits per heavy atom. The molecular formula is C13H17FO2. The van der Waals surface area contributed by atoms with Crippen LogP contribution in [0.15, 0.2) is 18.2 Å². The molecule has 0 radical (unpaired) electrons. The second kappa shape index (κ2) is 3.96. The number of rotatable bonds is 3. The first-order chi connectivity index (χ1) is 7.46. The van der Waals surface area contributed by atoms with Crippen molar-refractivity contribution in [2.45, 2.75) is 45.3 Å². The van der Waals surface area contributed by atoms with Crippen LogP contribution in [0.25, 0.3) is 0 Å². The van der Waals surface area contributed by atoms with Crippen LogP contribution in [0, 0.1) is 5.82 Å². The second-order valence-electron chi connectivity index (χ2n) is 5.10. The summed E-state index contributed by atoms with van der Waals surface area (Å²) >= 11 is 0. The van der Waals surface area contributed by atoms with Crippen molar-refractivity contribution < 1.29 is 13.9 Å². The van der Waals surface area contributed by atoms with Crippen molar-refractivity contribution in [3.8, 4) is 11.5 Å². The number of halogens is 1. The lowest BCUT2D eigenvalue weighted by atomic mass is 10.2. The minimum absolute atomic E-state index is 0.166. The Labute approximate surface area is 95.4 Å². The highest BCUT2D eigenvalue weighted by Crippen LogP contribution is 2.37. The summed E-state index contributed by atoms with van der Waals surface area (Å²) < 4.78 is 24.8. The standard InChI is InChI=1S/C13H17FO2/c1-13(2,3)16-11-6-4-5-10(14)12(11)15-9-7-8-9/h4-6,9H,7-8H2,1-3H3. The van der Waals surface area contributed by atoms with Gasteiger partial charge in [0.1, 0.15) is 5.60 Å². The van der Waals surface area contributed by atoms with Crippen LogP contribution in [0.2, 0.25) is 0 Å². The van der Waals surface area contributed by atoms with E-state index in [1.165, 1.54) is 6.07 Å². The first kappa shape index (κ1) is 11.2. The van der Waals surface area contributed by atoms with Crippen LogP contribution in [0.4, 0.5) is 4.39 Å². The van der Waals surface area contributed by atoms with E-state index < -0.39 is 0 Å². The Morgan fingerprint density at radius 2 is 1.94 bits per heavy atom. The highest BCUT2D eigenvalue weighted by Gasteiger charge is 2.27. The van der Waals surface area contributed by atoms with Crippen LogP contribution in [-0.4, -0.2) is 11.7 Å². The molecule has 16 heavy (non-hydrogen) atoms. The maximum Gasteiger partial charge on any atom is 0.197 e. The van der Waals surface area contributed by atoms with Gasteiger partial charge in [0, 0.05) is 0 Å². The van der Waals surface area contributed by atoms with Gasteiger partial charge in [0.2, 0.25) is 0 Å². The number of benzene rings is 1. The fourth-order valence-electron chi connectivity index (χ4n) is 1.37. The molecule has 2 rings (SSSR count). The minimum Gasteiger partial charge on any atom is -0.484 e. The third-order valence-electron chi connectivity index (χ3n) is 2.16. The number of para-hydroxylation sites is 1. The average molecular weight is 224 g/mol. The lowest BCUT2D eigenvalue weighted by Gasteiger charge is -2.23. The lowest BCUT2D eigenvalue weighted by Crippen LogP contribution is -2.23. The third-order valence-corrected chi connectivity index (χ3v) is 2.16. The molecule has 1 aliphatic carbocycles. The van der Waals surface area contributed by atoms with Gasteiger partial charge in [-0.15, -0.1) is 0 Å². The molecule has 0 saturated heterocycles. The summed E-state index contributed by atoms with van der Waals surface area (Å²) in [6, 6.07) is 4.77. The zero-order valence-electron chi connectivity index (χ0n) is 9.92. The summed E-state index contributed by atoms with van der Waals surface area (Å²) in [5, 5.41) is 0. The van der Waals surface area contributed by atoms with Gasteiger partial charge < -0.3 is 9.47 Å². The van der Waals surface area contributed by atoms with Crippen LogP contribution >= 0.6 is 0 Å². The van der Waals surface area contributed by atoms with Crippen molar-refractivity contribution in [3.63, 3.8) is 0 Å². The molecular weight excluding hydrogens is 207 g/mol. The van der Waals surface area contributed by atoms with E-state index in [0.29, 0.717) is 5.75 Å². The van der Waals surface area contributed by atoms with Gasteiger partial charge in [0.15, 0.2) is 17.3 Å². The normalized spacial score (nSPS) is 16.0. The molecule has 1 fully saturated rings. The van der Waals surface area contributed by atoms with Crippen molar-refractivity contribution in [2.75, 3.05) is 0 Å². The summed E-state index contributed by atoms with van der Waals surface area (Å²) in [6.07, 6.45) is 2.17. The Bertz CT molecular complexity index is 378. The predicted octanol–water partition coefficient (Wildman–Crippen LogP) is 3.54. The molecule has 88 valence electrons. The highest BCUT2D eigenvalue weighted by atomic mass is 19.1. The second-order valence-corrected chi connectivity index (χ2v) is 5.10. The van der Waals surface area contributed by atoms with Crippen molar-refractivity contribution in [1.82, 2.24) is 0 Å². The minimum atomic E-state index is -0.353. The number of hydrogen-bond donors (Lipinski definition) is 0. The van der Waals surface area contributed by atoms with E-state index in [9.17, 15) is 4.39 Å². The third kappa shape index (κ3) is 2.87. The van der Waals surface area contributed by atoms with Gasteiger partial charge >= 0.3 is 0 Å². The van der Waals surface area contributed by atoms with Crippen molar-refractivity contribution in [1.29, 1.82) is 0 Å². The molecule has 0 spiro atoms. The molecule has 0 amide bonds. The Balaban J connectivity index is 2.24. The number of hydrogen-bond acceptors (Lipinski definition) is 2. The van der Waals surface area contributed by atoms with E-state index in [1.54, 1.807) is 12.1 Å². The molecule has 2 nitrogen and oxygen atoms in total. The molecule has 1 aromatic rings. The summed E-state index contributed by atoms with van der Waals surface area (Å²) in [5.74, 6) is 0.382. The maximum atomic E-state index is 13.6. The zero-order chi connectivity index (χ0) is 11.8. The largest absolute Gasteiger partial charge is 0.484 e. The van der Waals surface area contributed by atoms with Crippen molar-refractivity contribution in [3.05, 3.63) is 24.0 Å². The fourth-order valence-corrected chi connectivity index (χ4v) is 1.37. The number of ether oxygens (including phenoxy) is 2. The Morgan fingerprint density at radius 3 is 2.50 bits per heavy atom. The van der Waals surface area contributed by atoms with Crippen LogP contribution in [0.1, 0.15) is 33.6 Å². The average Bonchev–Trinajstić information content (AvgIpc) is 2.92. The molecule has 1 aliphatic rings. The zero-order valence-corrected chi connectivity index (χ0v) is 9.92. The highest BCUT2D eigenvalue weighted by molar-refractivity contribution is 5.41. The molecule has 0 aromatic heterocycles. The van der Waals surface area contributed by atoms with E-state index in [1.807, 2.05) is 20.8 Å². The summed E-state index contributed by atoms with van der Waals surface area (Å²) in [6.45, 7) is 5.79. The van der Waals surface area contributed by atoms with E-state index in [-0.39, 0.29) is 23.3 Å². The molecule has 1 aromatic carbocycles. The SMILES string of the molecule is CC(C)(C)Oc1cccc(F)c1OC1CC1. The summed E-state index contributed by atoms with van der Waals surface area (Å²) in [5.41, 5.74) is -0.352. The van der Waals surface area contributed by atoms with Crippen LogP contribution in [-0.2, 0) is 0 Å². The van der Waals surface area contributed by atoms with Gasteiger partial charge in [-0.3, -0.25) is 0 Å². The van der Waals surface area contributed by atoms with E-state index in [0.717, 1.165) is 12.8 Å². The molecule has 0 heterocycles. The smallest absolute Gasteiger partial charge is 0.197 e. The van der Waals surface area contributed by atoms with Crippen LogP contribution in [0.3, 0.4) is 0 Å². The molecule has 0 N–H and O–H groups in total. The maximum absolute atomic E-state index is 13.6. The summed E-state index contributed by atoms with van der Waals surface area (Å²) in [7, 11) is 0. The Hall–Kier alpha value is -1.25. The van der Waals surface area contributed by atoms with Gasteiger partial charge in [-0.2, -0.15) is 0 Å². The van der Waals surface area contributed by atoms with Crippen molar-refractivity contribution in [2.24, 2.45) is 0 Å². The van der Waals surface area contributed by atoms with E-state index in [4.69, 9.17) is 9.47 Å². The van der Waals surface area contributed by atoms with Crippen molar-refractivity contribution >= 4 is 0 Å². The molecule has 1 saturated carbocycles. The van der Waals surface area contributed by atoms with E-state index in [2.05, 4.69) is 0 Å². The van der Waals surface area contributed by atoms with E-state index >= 15 is 0 Å². The van der Waals surface area contributed by atoms with Gasteiger partial charge in [0.25, 0.3) is 0 Å². The topological polar surface area (TPSA) is 18.5 Å². The van der Waals surface area contributed by atoms with Gasteiger partial charge in [-0.05, 0) is 45.7 Å². The summed E-state index contributed by atoms with van der Waals surface area (Å²) in [4.78, 5) is 0. The molecule has 0 aliphatic heterocycles. The molecule has 0 unspecified atom stereocenters. The fraction of sp³-hybridized carbons (Fsp3) is 0.538. The van der Waals surface area contributed by atoms with Crippen LogP contribution < -0.4 is 9.47 Å². The predicted molar refractivity (Wildman–Crippen MR) is 60.4 cm³/mol. The van der Waals surface area contributed by atoms with Gasteiger partial charge in [0.05, 0.1) is 6.10 Å². The van der Waals surface area contributed by atoms with Crippen LogP contribution in [0.5, 0.6) is 11.5 Å². The Kier molecular flexibility index (Phi) is 2.78. The monoisotopic (exact) mass is 224 g/mol. The lowest BCUT2D eigenvalue weighted by molar-refractivity contribution is 0.121. The van der Waals surface area contributed by atoms with Gasteiger partial charge in [-0.25, -0.2) is 4.39 Å². The first-order valence-corrected chi connectivity index (χ1v) is 5.60. The quantitative estimate of drug-likeness (QED) is 0.781. The molecule has 0 bridgehead atoms. The first-order valence-electron chi connectivity index (χ1n) is 5.60. The molecule has 0 atom stereocenters.